The molecule has 96 valence electrons. The molecule has 1 aromatic carbocycles. The summed E-state index contributed by atoms with van der Waals surface area (Å²) in [4.78, 5) is 4.65. The molecule has 1 heterocycles. The van der Waals surface area contributed by atoms with E-state index in [1.165, 1.54) is 25.0 Å². The summed E-state index contributed by atoms with van der Waals surface area (Å²) < 4.78 is 1.16. The molecule has 0 aliphatic carbocycles. The first-order valence-electron chi connectivity index (χ1n) is 6.14. The Hall–Kier alpha value is -0.510. The number of hydrogen-bond donors (Lipinski definition) is 0. The average molecular weight is 298 g/mol. The fourth-order valence-electron chi connectivity index (χ4n) is 1.59. The van der Waals surface area contributed by atoms with E-state index < -0.39 is 0 Å². The quantitative estimate of drug-likeness (QED) is 0.497. The predicted molar refractivity (Wildman–Crippen MR) is 82.8 cm³/mol. The number of thiazole rings is 1. The maximum Gasteiger partial charge on any atom is 0.150 e. The third-order valence-electron chi connectivity index (χ3n) is 2.60. The van der Waals surface area contributed by atoms with E-state index in [1.54, 1.807) is 11.3 Å². The van der Waals surface area contributed by atoms with Gasteiger partial charge in [0.1, 0.15) is 0 Å². The van der Waals surface area contributed by atoms with Crippen molar-refractivity contribution in [3.05, 3.63) is 34.7 Å². The maximum atomic E-state index is 5.88. The lowest BCUT2D eigenvalue weighted by Crippen LogP contribution is -1.80. The first-order chi connectivity index (χ1) is 8.79. The summed E-state index contributed by atoms with van der Waals surface area (Å²) >= 11 is 9.47. The fraction of sp³-hybridized carbons (Fsp3) is 0.357. The van der Waals surface area contributed by atoms with Crippen LogP contribution in [-0.2, 0) is 0 Å². The van der Waals surface area contributed by atoms with Gasteiger partial charge in [-0.1, -0.05) is 55.3 Å². The summed E-state index contributed by atoms with van der Waals surface area (Å²) in [6.07, 6.45) is 3.86. The largest absolute Gasteiger partial charge is 0.230 e. The molecular formula is C14H16ClNS2. The molecule has 0 saturated heterocycles. The van der Waals surface area contributed by atoms with Crippen LogP contribution in [0.2, 0.25) is 5.02 Å². The standard InChI is InChI=1S/C14H16ClNS2/c1-2-3-4-9-17-14-16-13(10-18-14)11-5-7-12(15)8-6-11/h5-8,10H,2-4,9H2,1H3. The fourth-order valence-corrected chi connectivity index (χ4v) is 3.62. The van der Waals surface area contributed by atoms with Gasteiger partial charge in [0.2, 0.25) is 0 Å². The molecule has 0 bridgehead atoms. The Morgan fingerprint density at radius 1 is 1.22 bits per heavy atom. The minimum absolute atomic E-state index is 0.767. The van der Waals surface area contributed by atoms with Crippen molar-refractivity contribution in [1.82, 2.24) is 4.98 Å². The average Bonchev–Trinajstić information content (AvgIpc) is 2.84. The van der Waals surface area contributed by atoms with Crippen molar-refractivity contribution in [2.45, 2.75) is 30.5 Å². The highest BCUT2D eigenvalue weighted by molar-refractivity contribution is 8.01. The van der Waals surface area contributed by atoms with Gasteiger partial charge in [-0.3, -0.25) is 0 Å². The summed E-state index contributed by atoms with van der Waals surface area (Å²) in [5, 5.41) is 2.88. The SMILES string of the molecule is CCCCCSc1nc(-c2ccc(Cl)cc2)cs1. The predicted octanol–water partition coefficient (Wildman–Crippen LogP) is 5.75. The van der Waals surface area contributed by atoms with Gasteiger partial charge in [0.05, 0.1) is 5.69 Å². The number of nitrogens with zero attached hydrogens (tertiary/aromatic N) is 1. The maximum absolute atomic E-state index is 5.88. The zero-order chi connectivity index (χ0) is 12.8. The molecule has 1 nitrogen and oxygen atoms in total. The van der Waals surface area contributed by atoms with Crippen LogP contribution in [-0.4, -0.2) is 10.7 Å². The zero-order valence-corrected chi connectivity index (χ0v) is 12.7. The third-order valence-corrected chi connectivity index (χ3v) is 4.96. The van der Waals surface area contributed by atoms with Gasteiger partial charge in [0, 0.05) is 21.7 Å². The van der Waals surface area contributed by atoms with Gasteiger partial charge in [0.25, 0.3) is 0 Å². The van der Waals surface area contributed by atoms with E-state index in [1.807, 2.05) is 36.0 Å². The molecule has 18 heavy (non-hydrogen) atoms. The van der Waals surface area contributed by atoms with Gasteiger partial charge >= 0.3 is 0 Å². The van der Waals surface area contributed by atoms with Crippen LogP contribution in [0.5, 0.6) is 0 Å². The van der Waals surface area contributed by atoms with Crippen molar-refractivity contribution in [1.29, 1.82) is 0 Å². The Morgan fingerprint density at radius 3 is 2.72 bits per heavy atom. The van der Waals surface area contributed by atoms with E-state index in [0.29, 0.717) is 0 Å². The van der Waals surface area contributed by atoms with Crippen LogP contribution in [0.25, 0.3) is 11.3 Å². The number of hydrogen-bond acceptors (Lipinski definition) is 3. The topological polar surface area (TPSA) is 12.9 Å². The van der Waals surface area contributed by atoms with Gasteiger partial charge in [-0.15, -0.1) is 11.3 Å². The second-order valence-electron chi connectivity index (χ2n) is 4.06. The van der Waals surface area contributed by atoms with E-state index >= 15 is 0 Å². The van der Waals surface area contributed by atoms with Crippen LogP contribution in [0, 0.1) is 0 Å². The highest BCUT2D eigenvalue weighted by Gasteiger charge is 2.04. The summed E-state index contributed by atoms with van der Waals surface area (Å²) in [7, 11) is 0. The lowest BCUT2D eigenvalue weighted by molar-refractivity contribution is 0.778. The van der Waals surface area contributed by atoms with Crippen molar-refractivity contribution in [3.8, 4) is 11.3 Å². The minimum Gasteiger partial charge on any atom is -0.230 e. The first kappa shape index (κ1) is 13.9. The lowest BCUT2D eigenvalue weighted by atomic mass is 10.2. The number of halogens is 1. The molecule has 0 spiro atoms. The molecule has 0 saturated carbocycles. The molecule has 0 aliphatic heterocycles. The summed E-state index contributed by atoms with van der Waals surface area (Å²) in [6.45, 7) is 2.23. The monoisotopic (exact) mass is 297 g/mol. The molecule has 2 aromatic rings. The van der Waals surface area contributed by atoms with E-state index in [2.05, 4.69) is 17.3 Å². The van der Waals surface area contributed by atoms with Crippen LogP contribution >= 0.6 is 34.7 Å². The summed E-state index contributed by atoms with van der Waals surface area (Å²) in [5.41, 5.74) is 2.19. The van der Waals surface area contributed by atoms with Gasteiger partial charge in [0.15, 0.2) is 4.34 Å². The molecule has 1 aromatic heterocycles. The molecule has 0 aliphatic rings. The van der Waals surface area contributed by atoms with Gasteiger partial charge in [-0.2, -0.15) is 0 Å². The molecule has 2 rings (SSSR count). The molecule has 0 fully saturated rings. The second kappa shape index (κ2) is 7.17. The molecule has 0 unspecified atom stereocenters. The Bertz CT molecular complexity index is 479. The normalized spacial score (nSPS) is 10.8. The molecule has 0 N–H and O–H groups in total. The van der Waals surface area contributed by atoms with Crippen LogP contribution in [0.15, 0.2) is 34.0 Å². The van der Waals surface area contributed by atoms with Gasteiger partial charge in [-0.05, 0) is 18.6 Å². The molecule has 0 atom stereocenters. The van der Waals surface area contributed by atoms with Crippen molar-refractivity contribution in [2.75, 3.05) is 5.75 Å². The number of unbranched alkanes of at least 4 members (excludes halogenated alkanes) is 2. The molecule has 0 amide bonds. The Morgan fingerprint density at radius 2 is 2.00 bits per heavy atom. The summed E-state index contributed by atoms with van der Waals surface area (Å²) in [6, 6.07) is 7.85. The Balaban J connectivity index is 1.95. The highest BCUT2D eigenvalue weighted by atomic mass is 35.5. The van der Waals surface area contributed by atoms with E-state index in [-0.39, 0.29) is 0 Å². The summed E-state index contributed by atoms with van der Waals surface area (Å²) in [5.74, 6) is 1.17. The Kier molecular flexibility index (Phi) is 5.54. The van der Waals surface area contributed by atoms with Crippen molar-refractivity contribution < 1.29 is 0 Å². The van der Waals surface area contributed by atoms with E-state index in [4.69, 9.17) is 11.6 Å². The van der Waals surface area contributed by atoms with Crippen LogP contribution in [0.4, 0.5) is 0 Å². The smallest absolute Gasteiger partial charge is 0.150 e. The van der Waals surface area contributed by atoms with E-state index in [9.17, 15) is 0 Å². The first-order valence-corrected chi connectivity index (χ1v) is 8.38. The molecular weight excluding hydrogens is 282 g/mol. The molecule has 0 radical (unpaired) electrons. The molecule has 4 heteroatoms. The van der Waals surface area contributed by atoms with Crippen LogP contribution in [0.3, 0.4) is 0 Å². The van der Waals surface area contributed by atoms with E-state index in [0.717, 1.165) is 20.6 Å². The minimum atomic E-state index is 0.767. The Labute approximate surface area is 122 Å². The number of benzene rings is 1. The third kappa shape index (κ3) is 4.01. The highest BCUT2D eigenvalue weighted by Crippen LogP contribution is 2.29. The van der Waals surface area contributed by atoms with Gasteiger partial charge < -0.3 is 0 Å². The van der Waals surface area contributed by atoms with Crippen LogP contribution < -0.4 is 0 Å². The van der Waals surface area contributed by atoms with Crippen molar-refractivity contribution >= 4 is 34.7 Å². The second-order valence-corrected chi connectivity index (χ2v) is 6.70. The number of rotatable bonds is 6. The lowest BCUT2D eigenvalue weighted by Gasteiger charge is -1.97. The zero-order valence-electron chi connectivity index (χ0n) is 10.4. The van der Waals surface area contributed by atoms with Crippen molar-refractivity contribution in [3.63, 3.8) is 0 Å². The van der Waals surface area contributed by atoms with Gasteiger partial charge in [-0.25, -0.2) is 4.98 Å². The number of aromatic nitrogens is 1. The van der Waals surface area contributed by atoms with Crippen molar-refractivity contribution in [2.24, 2.45) is 0 Å². The number of thioether (sulfide) groups is 1. The van der Waals surface area contributed by atoms with Crippen LogP contribution in [0.1, 0.15) is 26.2 Å².